The summed E-state index contributed by atoms with van der Waals surface area (Å²) in [5, 5.41) is 2.75. The average molecular weight is 378 g/mol. The highest BCUT2D eigenvalue weighted by Crippen LogP contribution is 2.21. The fourth-order valence-electron chi connectivity index (χ4n) is 2.72. The van der Waals surface area contributed by atoms with E-state index in [1.165, 1.54) is 30.7 Å². The van der Waals surface area contributed by atoms with Crippen LogP contribution in [0.2, 0.25) is 0 Å². The van der Waals surface area contributed by atoms with Crippen LogP contribution in [0, 0.1) is 5.82 Å². The largest absolute Gasteiger partial charge is 0.354 e. The maximum Gasteiger partial charge on any atom is 0.243 e. The van der Waals surface area contributed by atoms with Gasteiger partial charge < -0.3 is 5.32 Å². The highest BCUT2D eigenvalue weighted by molar-refractivity contribution is 7.92. The van der Waals surface area contributed by atoms with E-state index in [2.05, 4.69) is 5.32 Å². The molecule has 0 saturated carbocycles. The quantitative estimate of drug-likeness (QED) is 0.719. The molecule has 26 heavy (non-hydrogen) atoms. The zero-order valence-corrected chi connectivity index (χ0v) is 15.7. The van der Waals surface area contributed by atoms with Crippen molar-refractivity contribution >= 4 is 21.6 Å². The van der Waals surface area contributed by atoms with Crippen molar-refractivity contribution in [3.63, 3.8) is 0 Å². The monoisotopic (exact) mass is 378 g/mol. The third kappa shape index (κ3) is 5.56. The van der Waals surface area contributed by atoms with Gasteiger partial charge in [0.25, 0.3) is 0 Å². The minimum absolute atomic E-state index is 0.124. The molecule has 0 aromatic heterocycles. The molecule has 1 atom stereocenters. The molecule has 0 aliphatic carbocycles. The van der Waals surface area contributed by atoms with Crippen LogP contribution in [0.3, 0.4) is 0 Å². The molecule has 0 saturated heterocycles. The van der Waals surface area contributed by atoms with Crippen LogP contribution in [0.4, 0.5) is 10.1 Å². The third-order valence-electron chi connectivity index (χ3n) is 3.94. The van der Waals surface area contributed by atoms with Crippen LogP contribution in [0.1, 0.15) is 18.9 Å². The van der Waals surface area contributed by atoms with Crippen LogP contribution in [0.15, 0.2) is 54.6 Å². The summed E-state index contributed by atoms with van der Waals surface area (Å²) in [6.07, 6.45) is 2.55. The molecule has 0 bridgehead atoms. The molecule has 5 nitrogen and oxygen atoms in total. The van der Waals surface area contributed by atoms with Gasteiger partial charge in [0.1, 0.15) is 11.9 Å². The van der Waals surface area contributed by atoms with Crippen molar-refractivity contribution < 1.29 is 17.6 Å². The number of hydrogen-bond donors (Lipinski definition) is 1. The average Bonchev–Trinajstić information content (AvgIpc) is 2.58. The summed E-state index contributed by atoms with van der Waals surface area (Å²) in [5.74, 6) is -0.987. The predicted octanol–water partition coefficient (Wildman–Crippen LogP) is 2.73. The molecule has 0 aliphatic rings. The van der Waals surface area contributed by atoms with Crippen LogP contribution in [0.25, 0.3) is 0 Å². The third-order valence-corrected chi connectivity index (χ3v) is 5.18. The van der Waals surface area contributed by atoms with Gasteiger partial charge >= 0.3 is 0 Å². The minimum Gasteiger partial charge on any atom is -0.354 e. The number of nitrogens with zero attached hydrogens (tertiary/aromatic N) is 1. The number of halogens is 1. The Bertz CT molecular complexity index is 841. The molecule has 0 radical (unpaired) electrons. The first-order valence-electron chi connectivity index (χ1n) is 8.35. The molecule has 2 aromatic rings. The van der Waals surface area contributed by atoms with Gasteiger partial charge in [-0.15, -0.1) is 0 Å². The fourth-order valence-corrected chi connectivity index (χ4v) is 3.89. The van der Waals surface area contributed by atoms with Crippen molar-refractivity contribution in [3.05, 3.63) is 66.0 Å². The standard InChI is InChI=1S/C19H23FN2O3S/c1-15(19(23)21-13-7-10-16-8-4-3-5-9-16)22(26(2,24)25)18-12-6-11-17(20)14-18/h3-6,8-9,11-12,14-15H,7,10,13H2,1-2H3,(H,21,23)/t15-/m0/s1. The van der Waals surface area contributed by atoms with Gasteiger partial charge in [-0.05, 0) is 43.5 Å². The number of benzene rings is 2. The number of aryl methyl sites for hydroxylation is 1. The molecule has 0 fully saturated rings. The van der Waals surface area contributed by atoms with E-state index in [4.69, 9.17) is 0 Å². The van der Waals surface area contributed by atoms with Crippen molar-refractivity contribution in [1.29, 1.82) is 0 Å². The number of carbonyl (C=O) groups excluding carboxylic acids is 1. The van der Waals surface area contributed by atoms with Gasteiger partial charge in [0, 0.05) is 6.54 Å². The predicted molar refractivity (Wildman–Crippen MR) is 101 cm³/mol. The molecule has 2 rings (SSSR count). The second kappa shape index (κ2) is 8.80. The maximum absolute atomic E-state index is 13.5. The van der Waals surface area contributed by atoms with E-state index in [0.717, 1.165) is 29.5 Å². The van der Waals surface area contributed by atoms with Crippen LogP contribution in [-0.2, 0) is 21.2 Å². The van der Waals surface area contributed by atoms with E-state index in [0.29, 0.717) is 6.54 Å². The lowest BCUT2D eigenvalue weighted by Crippen LogP contribution is -2.48. The first-order valence-corrected chi connectivity index (χ1v) is 10.2. The summed E-state index contributed by atoms with van der Waals surface area (Å²) in [5.41, 5.74) is 1.30. The van der Waals surface area contributed by atoms with Crippen LogP contribution in [-0.4, -0.2) is 33.2 Å². The Kier molecular flexibility index (Phi) is 6.74. The molecule has 2 aromatic carbocycles. The van der Waals surface area contributed by atoms with E-state index in [1.807, 2.05) is 30.3 Å². The first kappa shape index (κ1) is 19.9. The Morgan fingerprint density at radius 3 is 2.46 bits per heavy atom. The second-order valence-electron chi connectivity index (χ2n) is 6.09. The van der Waals surface area contributed by atoms with E-state index in [9.17, 15) is 17.6 Å². The zero-order valence-electron chi connectivity index (χ0n) is 14.9. The Hall–Kier alpha value is -2.41. The number of rotatable bonds is 8. The van der Waals surface area contributed by atoms with Crippen LogP contribution in [0.5, 0.6) is 0 Å². The molecular weight excluding hydrogens is 355 g/mol. The van der Waals surface area contributed by atoms with Crippen molar-refractivity contribution in [2.45, 2.75) is 25.8 Å². The number of carbonyl (C=O) groups is 1. The van der Waals surface area contributed by atoms with E-state index >= 15 is 0 Å². The Morgan fingerprint density at radius 1 is 1.15 bits per heavy atom. The van der Waals surface area contributed by atoms with E-state index < -0.39 is 27.8 Å². The molecule has 0 aliphatic heterocycles. The number of amides is 1. The molecule has 0 unspecified atom stereocenters. The summed E-state index contributed by atoms with van der Waals surface area (Å²) < 4.78 is 38.7. The smallest absolute Gasteiger partial charge is 0.243 e. The van der Waals surface area contributed by atoms with Crippen LogP contribution < -0.4 is 9.62 Å². The highest BCUT2D eigenvalue weighted by atomic mass is 32.2. The van der Waals surface area contributed by atoms with Crippen molar-refractivity contribution in [3.8, 4) is 0 Å². The fraction of sp³-hybridized carbons (Fsp3) is 0.316. The van der Waals surface area contributed by atoms with Gasteiger partial charge in [0.05, 0.1) is 11.9 Å². The minimum atomic E-state index is -3.75. The van der Waals surface area contributed by atoms with Crippen LogP contribution >= 0.6 is 0 Å². The highest BCUT2D eigenvalue weighted by Gasteiger charge is 2.29. The van der Waals surface area contributed by atoms with E-state index in [1.54, 1.807) is 0 Å². The number of anilines is 1. The Morgan fingerprint density at radius 2 is 1.85 bits per heavy atom. The Labute approximate surface area is 153 Å². The van der Waals surface area contributed by atoms with Gasteiger partial charge in [-0.2, -0.15) is 0 Å². The van der Waals surface area contributed by atoms with Gasteiger partial charge in [-0.25, -0.2) is 12.8 Å². The topological polar surface area (TPSA) is 66.5 Å². The van der Waals surface area contributed by atoms with Crippen molar-refractivity contribution in [2.75, 3.05) is 17.1 Å². The van der Waals surface area contributed by atoms with Crippen molar-refractivity contribution in [1.82, 2.24) is 5.32 Å². The summed E-state index contributed by atoms with van der Waals surface area (Å²) in [6, 6.07) is 14.1. The summed E-state index contributed by atoms with van der Waals surface area (Å²) >= 11 is 0. The lowest BCUT2D eigenvalue weighted by molar-refractivity contribution is -0.121. The zero-order chi connectivity index (χ0) is 19.2. The lowest BCUT2D eigenvalue weighted by atomic mass is 10.1. The van der Waals surface area contributed by atoms with Gasteiger partial charge in [0.2, 0.25) is 15.9 Å². The number of nitrogens with one attached hydrogen (secondary N) is 1. The molecule has 140 valence electrons. The SMILES string of the molecule is C[C@@H](C(=O)NCCCc1ccccc1)N(c1cccc(F)c1)S(C)(=O)=O. The normalized spacial score (nSPS) is 12.4. The number of hydrogen-bond acceptors (Lipinski definition) is 3. The van der Waals surface area contributed by atoms with Crippen molar-refractivity contribution in [2.24, 2.45) is 0 Å². The molecule has 1 N–H and O–H groups in total. The lowest BCUT2D eigenvalue weighted by Gasteiger charge is -2.28. The molecule has 0 spiro atoms. The molecular formula is C19H23FN2O3S. The molecule has 7 heteroatoms. The first-order chi connectivity index (χ1) is 12.3. The molecule has 1 amide bonds. The van der Waals surface area contributed by atoms with Gasteiger partial charge in [-0.1, -0.05) is 36.4 Å². The second-order valence-corrected chi connectivity index (χ2v) is 7.95. The van der Waals surface area contributed by atoms with Gasteiger partial charge in [-0.3, -0.25) is 9.10 Å². The summed E-state index contributed by atoms with van der Waals surface area (Å²) in [6.45, 7) is 1.91. The Balaban J connectivity index is 1.99. The summed E-state index contributed by atoms with van der Waals surface area (Å²) in [4.78, 5) is 12.4. The maximum atomic E-state index is 13.5. The van der Waals surface area contributed by atoms with Gasteiger partial charge in [0.15, 0.2) is 0 Å². The molecule has 0 heterocycles. The number of sulfonamides is 1. The summed E-state index contributed by atoms with van der Waals surface area (Å²) in [7, 11) is -3.75. The van der Waals surface area contributed by atoms with E-state index in [-0.39, 0.29) is 5.69 Å².